The highest BCUT2D eigenvalue weighted by Crippen LogP contribution is 2.36. The highest BCUT2D eigenvalue weighted by Gasteiger charge is 2.12. The van der Waals surface area contributed by atoms with Gasteiger partial charge >= 0.3 is 0 Å². The van der Waals surface area contributed by atoms with E-state index in [1.807, 2.05) is 48.5 Å². The molecule has 0 unspecified atom stereocenters. The topological polar surface area (TPSA) is 20.2 Å². The Kier molecular flexibility index (Phi) is 3.74. The first-order chi connectivity index (χ1) is 10.3. The lowest BCUT2D eigenvalue weighted by Gasteiger charge is -2.15. The van der Waals surface area contributed by atoms with Crippen molar-refractivity contribution in [3.63, 3.8) is 0 Å². The van der Waals surface area contributed by atoms with Crippen LogP contribution in [-0.2, 0) is 6.42 Å². The van der Waals surface area contributed by atoms with Crippen LogP contribution in [-0.4, -0.2) is 5.11 Å². The molecule has 1 nitrogen and oxygen atoms in total. The number of rotatable bonds is 3. The number of benzene rings is 3. The van der Waals surface area contributed by atoms with Gasteiger partial charge in [0, 0.05) is 0 Å². The first-order valence-electron chi connectivity index (χ1n) is 7.26. The third-order valence-electron chi connectivity index (χ3n) is 3.76. The largest absolute Gasteiger partial charge is 0.508 e. The summed E-state index contributed by atoms with van der Waals surface area (Å²) in [6.07, 6.45) is 0.925. The third-order valence-corrected chi connectivity index (χ3v) is 3.76. The Morgan fingerprint density at radius 2 is 1.14 bits per heavy atom. The second-order valence-electron chi connectivity index (χ2n) is 5.11. The van der Waals surface area contributed by atoms with Crippen LogP contribution >= 0.6 is 0 Å². The molecule has 0 saturated carbocycles. The number of aromatic hydroxyl groups is 1. The van der Waals surface area contributed by atoms with Crippen molar-refractivity contribution in [1.29, 1.82) is 0 Å². The van der Waals surface area contributed by atoms with Crippen molar-refractivity contribution < 1.29 is 5.11 Å². The number of phenols is 1. The quantitative estimate of drug-likeness (QED) is 0.688. The molecule has 0 atom stereocenters. The van der Waals surface area contributed by atoms with Crippen molar-refractivity contribution in [2.45, 2.75) is 13.3 Å². The van der Waals surface area contributed by atoms with E-state index >= 15 is 0 Å². The third kappa shape index (κ3) is 2.68. The molecule has 0 fully saturated rings. The molecule has 1 heteroatoms. The van der Waals surface area contributed by atoms with Crippen LogP contribution in [0, 0.1) is 0 Å². The van der Waals surface area contributed by atoms with Gasteiger partial charge in [0.15, 0.2) is 0 Å². The van der Waals surface area contributed by atoms with Crippen LogP contribution in [0.5, 0.6) is 5.75 Å². The molecule has 0 heterocycles. The van der Waals surface area contributed by atoms with Gasteiger partial charge in [0.25, 0.3) is 0 Å². The summed E-state index contributed by atoms with van der Waals surface area (Å²) in [7, 11) is 0. The Morgan fingerprint density at radius 1 is 0.714 bits per heavy atom. The highest BCUT2D eigenvalue weighted by atomic mass is 16.3. The predicted molar refractivity (Wildman–Crippen MR) is 88.4 cm³/mol. The van der Waals surface area contributed by atoms with Crippen LogP contribution in [0.3, 0.4) is 0 Å². The van der Waals surface area contributed by atoms with Crippen molar-refractivity contribution in [2.75, 3.05) is 0 Å². The van der Waals surface area contributed by atoms with Crippen LogP contribution in [0.25, 0.3) is 22.3 Å². The molecule has 1 N–H and O–H groups in total. The van der Waals surface area contributed by atoms with Crippen molar-refractivity contribution in [3.8, 4) is 28.0 Å². The average Bonchev–Trinajstić information content (AvgIpc) is 2.55. The smallest absolute Gasteiger partial charge is 0.116 e. The Balaban J connectivity index is 2.25. The molecule has 3 aromatic rings. The van der Waals surface area contributed by atoms with Crippen LogP contribution in [0.2, 0.25) is 0 Å². The maximum Gasteiger partial charge on any atom is 0.116 e. The first-order valence-corrected chi connectivity index (χ1v) is 7.26. The van der Waals surface area contributed by atoms with Gasteiger partial charge in [-0.05, 0) is 46.4 Å². The van der Waals surface area contributed by atoms with E-state index in [2.05, 4.69) is 31.2 Å². The summed E-state index contributed by atoms with van der Waals surface area (Å²) in [5, 5.41) is 10.1. The summed E-state index contributed by atoms with van der Waals surface area (Å²) in [4.78, 5) is 0. The van der Waals surface area contributed by atoms with Crippen molar-refractivity contribution in [3.05, 3.63) is 78.4 Å². The van der Waals surface area contributed by atoms with E-state index < -0.39 is 0 Å². The molecule has 21 heavy (non-hydrogen) atoms. The van der Waals surface area contributed by atoms with Crippen molar-refractivity contribution in [2.24, 2.45) is 0 Å². The molecule has 0 aliphatic carbocycles. The molecule has 0 aromatic heterocycles. The van der Waals surface area contributed by atoms with Crippen LogP contribution in [0.1, 0.15) is 12.5 Å². The van der Waals surface area contributed by atoms with E-state index in [1.54, 1.807) is 0 Å². The molecular weight excluding hydrogens is 256 g/mol. The zero-order valence-electron chi connectivity index (χ0n) is 12.1. The minimum absolute atomic E-state index is 0.310. The fraction of sp³-hybridized carbons (Fsp3) is 0.100. The molecule has 3 rings (SSSR count). The molecule has 0 aliphatic rings. The standard InChI is InChI=1S/C20H18O/c1-2-18-19(15-9-5-3-6-10-15)13-17(21)14-20(18)16-11-7-4-8-12-16/h3-14,21H,2H2,1H3. The first kappa shape index (κ1) is 13.4. The molecule has 0 aliphatic heterocycles. The second kappa shape index (κ2) is 5.84. The van der Waals surface area contributed by atoms with Gasteiger partial charge in [-0.15, -0.1) is 0 Å². The summed E-state index contributed by atoms with van der Waals surface area (Å²) in [5.74, 6) is 0.310. The molecular formula is C20H18O. The number of phenolic OH excluding ortho intramolecular Hbond substituents is 1. The number of hydrogen-bond donors (Lipinski definition) is 1. The highest BCUT2D eigenvalue weighted by molar-refractivity contribution is 5.80. The fourth-order valence-electron chi connectivity index (χ4n) is 2.79. The Labute approximate surface area is 125 Å². The minimum atomic E-state index is 0.310. The van der Waals surface area contributed by atoms with Gasteiger partial charge in [0.2, 0.25) is 0 Å². The zero-order valence-corrected chi connectivity index (χ0v) is 12.1. The Bertz CT molecular complexity index is 670. The molecule has 104 valence electrons. The minimum Gasteiger partial charge on any atom is -0.508 e. The molecule has 0 amide bonds. The average molecular weight is 274 g/mol. The van der Waals surface area contributed by atoms with Gasteiger partial charge in [-0.2, -0.15) is 0 Å². The van der Waals surface area contributed by atoms with E-state index in [0.29, 0.717) is 5.75 Å². The van der Waals surface area contributed by atoms with E-state index in [0.717, 1.165) is 28.7 Å². The SMILES string of the molecule is CCc1c(-c2ccccc2)cc(O)cc1-c1ccccc1. The molecule has 0 radical (unpaired) electrons. The van der Waals surface area contributed by atoms with Crippen LogP contribution < -0.4 is 0 Å². The van der Waals surface area contributed by atoms with Gasteiger partial charge in [0.05, 0.1) is 0 Å². The maximum atomic E-state index is 10.1. The fourth-order valence-corrected chi connectivity index (χ4v) is 2.79. The molecule has 0 saturated heterocycles. The summed E-state index contributed by atoms with van der Waals surface area (Å²) in [5.41, 5.74) is 5.77. The zero-order chi connectivity index (χ0) is 14.7. The van der Waals surface area contributed by atoms with E-state index in [1.165, 1.54) is 5.56 Å². The van der Waals surface area contributed by atoms with Crippen molar-refractivity contribution in [1.82, 2.24) is 0 Å². The molecule has 0 bridgehead atoms. The van der Waals surface area contributed by atoms with Gasteiger partial charge in [-0.3, -0.25) is 0 Å². The van der Waals surface area contributed by atoms with Crippen molar-refractivity contribution >= 4 is 0 Å². The normalized spacial score (nSPS) is 10.5. The number of hydrogen-bond acceptors (Lipinski definition) is 1. The summed E-state index contributed by atoms with van der Waals surface area (Å²) in [6, 6.07) is 24.2. The lowest BCUT2D eigenvalue weighted by atomic mass is 9.90. The van der Waals surface area contributed by atoms with Gasteiger partial charge in [-0.1, -0.05) is 67.6 Å². The van der Waals surface area contributed by atoms with E-state index in [4.69, 9.17) is 0 Å². The van der Waals surface area contributed by atoms with Crippen LogP contribution in [0.4, 0.5) is 0 Å². The van der Waals surface area contributed by atoms with E-state index in [-0.39, 0.29) is 0 Å². The lowest BCUT2D eigenvalue weighted by Crippen LogP contribution is -1.93. The molecule has 3 aromatic carbocycles. The Morgan fingerprint density at radius 3 is 1.52 bits per heavy atom. The Hall–Kier alpha value is -2.54. The second-order valence-corrected chi connectivity index (χ2v) is 5.11. The summed E-state index contributed by atoms with van der Waals surface area (Å²) in [6.45, 7) is 2.16. The van der Waals surface area contributed by atoms with Gasteiger partial charge in [0.1, 0.15) is 5.75 Å². The summed E-state index contributed by atoms with van der Waals surface area (Å²) < 4.78 is 0. The summed E-state index contributed by atoms with van der Waals surface area (Å²) >= 11 is 0. The van der Waals surface area contributed by atoms with Crippen LogP contribution in [0.15, 0.2) is 72.8 Å². The predicted octanol–water partition coefficient (Wildman–Crippen LogP) is 5.29. The maximum absolute atomic E-state index is 10.1. The monoisotopic (exact) mass is 274 g/mol. The molecule has 0 spiro atoms. The van der Waals surface area contributed by atoms with E-state index in [9.17, 15) is 5.11 Å². The van der Waals surface area contributed by atoms with Gasteiger partial charge < -0.3 is 5.11 Å². The van der Waals surface area contributed by atoms with Gasteiger partial charge in [-0.25, -0.2) is 0 Å². The lowest BCUT2D eigenvalue weighted by molar-refractivity contribution is 0.475.